The monoisotopic (exact) mass is 198 g/mol. The minimum absolute atomic E-state index is 0.218. The minimum atomic E-state index is 0.218. The SMILES string of the molecule is CCC(CCN)NC(=O)CC1CCC1. The molecule has 0 saturated heterocycles. The van der Waals surface area contributed by atoms with Gasteiger partial charge < -0.3 is 11.1 Å². The van der Waals surface area contributed by atoms with Gasteiger partial charge in [-0.05, 0) is 38.1 Å². The van der Waals surface area contributed by atoms with E-state index in [0.717, 1.165) is 19.3 Å². The summed E-state index contributed by atoms with van der Waals surface area (Å²) in [5.74, 6) is 0.875. The summed E-state index contributed by atoms with van der Waals surface area (Å²) in [6, 6.07) is 0.285. The molecular formula is C11H22N2O. The van der Waals surface area contributed by atoms with Gasteiger partial charge in [0.1, 0.15) is 0 Å². The fourth-order valence-electron chi connectivity index (χ4n) is 1.83. The molecule has 1 atom stereocenters. The highest BCUT2D eigenvalue weighted by Gasteiger charge is 2.21. The molecule has 0 bridgehead atoms. The molecule has 0 aromatic carbocycles. The molecule has 1 fully saturated rings. The molecule has 1 saturated carbocycles. The Balaban J connectivity index is 2.15. The van der Waals surface area contributed by atoms with Gasteiger partial charge in [-0.1, -0.05) is 13.3 Å². The van der Waals surface area contributed by atoms with E-state index in [1.54, 1.807) is 0 Å². The maximum atomic E-state index is 11.5. The van der Waals surface area contributed by atoms with E-state index >= 15 is 0 Å². The standard InChI is InChI=1S/C11H22N2O/c1-2-10(6-7-12)13-11(14)8-9-4-3-5-9/h9-10H,2-8,12H2,1H3,(H,13,14). The van der Waals surface area contributed by atoms with E-state index < -0.39 is 0 Å². The van der Waals surface area contributed by atoms with Gasteiger partial charge in [0.25, 0.3) is 0 Å². The fourth-order valence-corrected chi connectivity index (χ4v) is 1.83. The van der Waals surface area contributed by atoms with Crippen LogP contribution in [0.1, 0.15) is 45.4 Å². The normalized spacial score (nSPS) is 18.7. The molecule has 3 heteroatoms. The second kappa shape index (κ2) is 6.02. The molecule has 3 N–H and O–H groups in total. The van der Waals surface area contributed by atoms with Crippen LogP contribution in [0.15, 0.2) is 0 Å². The molecule has 0 heterocycles. The van der Waals surface area contributed by atoms with E-state index in [-0.39, 0.29) is 11.9 Å². The van der Waals surface area contributed by atoms with Crippen molar-refractivity contribution in [3.05, 3.63) is 0 Å². The Morgan fingerprint density at radius 1 is 1.57 bits per heavy atom. The second-order valence-corrected chi connectivity index (χ2v) is 4.25. The van der Waals surface area contributed by atoms with Gasteiger partial charge in [0.2, 0.25) is 5.91 Å². The summed E-state index contributed by atoms with van der Waals surface area (Å²) in [4.78, 5) is 11.5. The molecule has 82 valence electrons. The van der Waals surface area contributed by atoms with Crippen molar-refractivity contribution >= 4 is 5.91 Å². The number of nitrogens with two attached hydrogens (primary N) is 1. The van der Waals surface area contributed by atoms with Crippen molar-refractivity contribution in [1.29, 1.82) is 0 Å². The molecule has 3 nitrogen and oxygen atoms in total. The Labute approximate surface area is 86.4 Å². The Hall–Kier alpha value is -0.570. The predicted molar refractivity (Wildman–Crippen MR) is 57.9 cm³/mol. The van der Waals surface area contributed by atoms with Crippen molar-refractivity contribution in [3.8, 4) is 0 Å². The Bertz CT molecular complexity index is 178. The molecule has 1 aliphatic rings. The number of hydrogen-bond acceptors (Lipinski definition) is 2. The van der Waals surface area contributed by atoms with E-state index in [9.17, 15) is 4.79 Å². The van der Waals surface area contributed by atoms with Gasteiger partial charge >= 0.3 is 0 Å². The Morgan fingerprint density at radius 3 is 2.71 bits per heavy atom. The molecule has 0 aromatic heterocycles. The number of nitrogens with one attached hydrogen (secondary N) is 1. The predicted octanol–water partition coefficient (Wildman–Crippen LogP) is 1.42. The molecule has 1 unspecified atom stereocenters. The van der Waals surface area contributed by atoms with E-state index in [1.165, 1.54) is 19.3 Å². The fraction of sp³-hybridized carbons (Fsp3) is 0.909. The zero-order valence-electron chi connectivity index (χ0n) is 9.09. The first-order chi connectivity index (χ1) is 6.76. The smallest absolute Gasteiger partial charge is 0.220 e. The lowest BCUT2D eigenvalue weighted by atomic mass is 9.83. The van der Waals surface area contributed by atoms with Gasteiger partial charge in [-0.3, -0.25) is 4.79 Å². The zero-order chi connectivity index (χ0) is 10.4. The summed E-state index contributed by atoms with van der Waals surface area (Å²) in [6.45, 7) is 2.74. The van der Waals surface area contributed by atoms with Crippen molar-refractivity contribution in [2.75, 3.05) is 6.54 Å². The van der Waals surface area contributed by atoms with E-state index in [4.69, 9.17) is 5.73 Å². The van der Waals surface area contributed by atoms with Crippen LogP contribution < -0.4 is 11.1 Å². The van der Waals surface area contributed by atoms with Gasteiger partial charge in [0, 0.05) is 12.5 Å². The third-order valence-corrected chi connectivity index (χ3v) is 3.07. The first-order valence-electron chi connectivity index (χ1n) is 5.75. The Kier molecular flexibility index (Phi) is 4.94. The van der Waals surface area contributed by atoms with Gasteiger partial charge in [-0.15, -0.1) is 0 Å². The van der Waals surface area contributed by atoms with E-state index in [0.29, 0.717) is 12.5 Å². The quantitative estimate of drug-likeness (QED) is 0.678. The molecule has 0 aromatic rings. The number of rotatable bonds is 6. The lowest BCUT2D eigenvalue weighted by Gasteiger charge is -2.25. The summed E-state index contributed by atoms with van der Waals surface area (Å²) < 4.78 is 0. The van der Waals surface area contributed by atoms with Gasteiger partial charge in [0.15, 0.2) is 0 Å². The highest BCUT2D eigenvalue weighted by molar-refractivity contribution is 5.76. The summed E-state index contributed by atoms with van der Waals surface area (Å²) >= 11 is 0. The van der Waals surface area contributed by atoms with Crippen molar-refractivity contribution in [1.82, 2.24) is 5.32 Å². The highest BCUT2D eigenvalue weighted by Crippen LogP contribution is 2.29. The molecule has 0 aliphatic heterocycles. The van der Waals surface area contributed by atoms with Crippen LogP contribution in [0, 0.1) is 5.92 Å². The van der Waals surface area contributed by atoms with Crippen molar-refractivity contribution < 1.29 is 4.79 Å². The maximum Gasteiger partial charge on any atom is 0.220 e. The summed E-state index contributed by atoms with van der Waals surface area (Å²) in [6.07, 6.45) is 6.38. The first-order valence-corrected chi connectivity index (χ1v) is 5.75. The topological polar surface area (TPSA) is 55.1 Å². The lowest BCUT2D eigenvalue weighted by molar-refractivity contribution is -0.123. The van der Waals surface area contributed by atoms with E-state index in [1.807, 2.05) is 0 Å². The highest BCUT2D eigenvalue weighted by atomic mass is 16.1. The minimum Gasteiger partial charge on any atom is -0.353 e. The van der Waals surface area contributed by atoms with Crippen LogP contribution in [-0.4, -0.2) is 18.5 Å². The summed E-state index contributed by atoms with van der Waals surface area (Å²) in [5.41, 5.74) is 5.47. The molecule has 0 radical (unpaired) electrons. The van der Waals surface area contributed by atoms with Crippen molar-refractivity contribution in [2.24, 2.45) is 11.7 Å². The van der Waals surface area contributed by atoms with Gasteiger partial charge in [-0.2, -0.15) is 0 Å². The Morgan fingerprint density at radius 2 is 2.29 bits per heavy atom. The van der Waals surface area contributed by atoms with Crippen LogP contribution in [0.2, 0.25) is 0 Å². The number of carbonyl (C=O) groups is 1. The summed E-state index contributed by atoms with van der Waals surface area (Å²) in [7, 11) is 0. The largest absolute Gasteiger partial charge is 0.353 e. The zero-order valence-corrected chi connectivity index (χ0v) is 9.09. The van der Waals surface area contributed by atoms with Gasteiger partial charge in [-0.25, -0.2) is 0 Å². The van der Waals surface area contributed by atoms with Crippen LogP contribution in [0.5, 0.6) is 0 Å². The lowest BCUT2D eigenvalue weighted by Crippen LogP contribution is -2.37. The maximum absolute atomic E-state index is 11.5. The van der Waals surface area contributed by atoms with Crippen LogP contribution in [0.3, 0.4) is 0 Å². The van der Waals surface area contributed by atoms with Gasteiger partial charge in [0.05, 0.1) is 0 Å². The molecule has 1 amide bonds. The van der Waals surface area contributed by atoms with Crippen molar-refractivity contribution in [2.45, 2.75) is 51.5 Å². The third-order valence-electron chi connectivity index (χ3n) is 3.07. The van der Waals surface area contributed by atoms with Crippen molar-refractivity contribution in [3.63, 3.8) is 0 Å². The van der Waals surface area contributed by atoms with Crippen LogP contribution in [0.4, 0.5) is 0 Å². The van der Waals surface area contributed by atoms with Crippen LogP contribution in [0.25, 0.3) is 0 Å². The molecule has 0 spiro atoms. The molecule has 1 rings (SSSR count). The second-order valence-electron chi connectivity index (χ2n) is 4.25. The third kappa shape index (κ3) is 3.66. The molecule has 14 heavy (non-hydrogen) atoms. The first kappa shape index (κ1) is 11.5. The summed E-state index contributed by atoms with van der Waals surface area (Å²) in [5, 5.41) is 3.05. The van der Waals surface area contributed by atoms with Crippen LogP contribution >= 0.6 is 0 Å². The van der Waals surface area contributed by atoms with Crippen LogP contribution in [-0.2, 0) is 4.79 Å². The van der Waals surface area contributed by atoms with E-state index in [2.05, 4.69) is 12.2 Å². The molecular weight excluding hydrogens is 176 g/mol. The number of amides is 1. The average molecular weight is 198 g/mol. The average Bonchev–Trinajstić information content (AvgIpc) is 2.11. The molecule has 1 aliphatic carbocycles. The number of hydrogen-bond donors (Lipinski definition) is 2. The number of carbonyl (C=O) groups excluding carboxylic acids is 1.